The van der Waals surface area contributed by atoms with Gasteiger partial charge in [0.25, 0.3) is 0 Å². The van der Waals surface area contributed by atoms with Crippen molar-refractivity contribution in [1.82, 2.24) is 0 Å². The monoisotopic (exact) mass is 288 g/mol. The van der Waals surface area contributed by atoms with Crippen LogP contribution in [0.4, 0.5) is 0 Å². The van der Waals surface area contributed by atoms with Crippen LogP contribution in [0.25, 0.3) is 32.3 Å². The lowest BCUT2D eigenvalue weighted by Crippen LogP contribution is -1.93. The summed E-state index contributed by atoms with van der Waals surface area (Å²) >= 11 is 0. The molecule has 0 heterocycles. The molecule has 0 radical (unpaired) electrons. The first-order valence-electron chi connectivity index (χ1n) is 7.38. The number of hydrogen-bond donors (Lipinski definition) is 2. The zero-order valence-electron chi connectivity index (χ0n) is 12.3. The van der Waals surface area contributed by atoms with Crippen LogP contribution >= 0.6 is 0 Å². The summed E-state index contributed by atoms with van der Waals surface area (Å²) in [5, 5.41) is 26.3. The second kappa shape index (κ2) is 4.72. The normalized spacial score (nSPS) is 11.5. The molecule has 22 heavy (non-hydrogen) atoms. The minimum atomic E-state index is -0.0218. The molecular formula is C20H16O2. The van der Waals surface area contributed by atoms with Crippen LogP contribution in [0.1, 0.15) is 11.1 Å². The van der Waals surface area contributed by atoms with E-state index in [2.05, 4.69) is 19.1 Å². The molecule has 4 rings (SSSR count). The van der Waals surface area contributed by atoms with Gasteiger partial charge in [-0.05, 0) is 51.0 Å². The van der Waals surface area contributed by atoms with Gasteiger partial charge in [0.15, 0.2) is 0 Å². The number of fused-ring (bicyclic) bond motifs is 4. The summed E-state index contributed by atoms with van der Waals surface area (Å²) in [6.45, 7) is 2.09. The molecule has 0 aliphatic rings. The van der Waals surface area contributed by atoms with Crippen molar-refractivity contribution in [2.45, 2.75) is 13.5 Å². The predicted molar refractivity (Wildman–Crippen MR) is 91.3 cm³/mol. The van der Waals surface area contributed by atoms with Crippen LogP contribution in [-0.4, -0.2) is 10.2 Å². The van der Waals surface area contributed by atoms with Crippen molar-refractivity contribution < 1.29 is 10.2 Å². The number of phenols is 1. The van der Waals surface area contributed by atoms with Crippen LogP contribution in [0.2, 0.25) is 0 Å². The Kier molecular flexibility index (Phi) is 2.81. The number of aliphatic hydroxyl groups is 1. The molecule has 108 valence electrons. The van der Waals surface area contributed by atoms with E-state index in [9.17, 15) is 10.2 Å². The first-order valence-corrected chi connectivity index (χ1v) is 7.38. The van der Waals surface area contributed by atoms with E-state index in [4.69, 9.17) is 0 Å². The van der Waals surface area contributed by atoms with Gasteiger partial charge >= 0.3 is 0 Å². The Morgan fingerprint density at radius 3 is 2.18 bits per heavy atom. The van der Waals surface area contributed by atoms with Crippen LogP contribution in [-0.2, 0) is 6.61 Å². The van der Waals surface area contributed by atoms with E-state index in [0.29, 0.717) is 0 Å². The largest absolute Gasteiger partial charge is 0.507 e. The summed E-state index contributed by atoms with van der Waals surface area (Å²) < 4.78 is 0. The van der Waals surface area contributed by atoms with E-state index in [0.717, 1.165) is 32.5 Å². The molecule has 0 unspecified atom stereocenters. The molecular weight excluding hydrogens is 272 g/mol. The maximum atomic E-state index is 10.1. The molecule has 0 aliphatic carbocycles. The lowest BCUT2D eigenvalue weighted by molar-refractivity contribution is 0.285. The summed E-state index contributed by atoms with van der Waals surface area (Å²) in [6, 6.07) is 17.7. The van der Waals surface area contributed by atoms with Crippen LogP contribution in [0.3, 0.4) is 0 Å². The van der Waals surface area contributed by atoms with E-state index in [1.54, 1.807) is 6.07 Å². The Labute approximate surface area is 128 Å². The van der Waals surface area contributed by atoms with Crippen LogP contribution in [0.5, 0.6) is 5.75 Å². The molecule has 0 spiro atoms. The average Bonchev–Trinajstić information content (AvgIpc) is 2.56. The maximum absolute atomic E-state index is 10.1. The molecule has 0 amide bonds. The Balaban J connectivity index is 2.37. The van der Waals surface area contributed by atoms with E-state index in [-0.39, 0.29) is 12.4 Å². The number of aliphatic hydroxyl groups excluding tert-OH is 1. The molecule has 0 bridgehead atoms. The second-order valence-electron chi connectivity index (χ2n) is 5.67. The fraction of sp³-hybridized carbons (Fsp3) is 0.100. The van der Waals surface area contributed by atoms with Crippen LogP contribution in [0.15, 0.2) is 54.6 Å². The number of aromatic hydroxyl groups is 1. The molecule has 2 N–H and O–H groups in total. The van der Waals surface area contributed by atoms with Gasteiger partial charge in [-0.25, -0.2) is 0 Å². The summed E-state index contributed by atoms with van der Waals surface area (Å²) in [5.41, 5.74) is 2.13. The van der Waals surface area contributed by atoms with Gasteiger partial charge in [0, 0.05) is 5.39 Å². The van der Waals surface area contributed by atoms with Gasteiger partial charge in [-0.1, -0.05) is 48.5 Å². The van der Waals surface area contributed by atoms with Crippen molar-refractivity contribution in [1.29, 1.82) is 0 Å². The summed E-state index contributed by atoms with van der Waals surface area (Å²) in [5.74, 6) is 0.272. The standard InChI is InChI=1S/C20H16O2/c1-12-13-5-2-3-6-15(13)18(11-21)20-14(12)9-10-16-17(20)7-4-8-19(16)22/h2-10,21-22H,11H2,1H3. The van der Waals surface area contributed by atoms with Crippen molar-refractivity contribution in [2.75, 3.05) is 0 Å². The average molecular weight is 288 g/mol. The van der Waals surface area contributed by atoms with Crippen molar-refractivity contribution in [3.63, 3.8) is 0 Å². The van der Waals surface area contributed by atoms with Crippen molar-refractivity contribution in [2.24, 2.45) is 0 Å². The highest BCUT2D eigenvalue weighted by Gasteiger charge is 2.14. The molecule has 4 aromatic rings. The molecule has 2 nitrogen and oxygen atoms in total. The van der Waals surface area contributed by atoms with Crippen molar-refractivity contribution in [3.8, 4) is 5.75 Å². The van der Waals surface area contributed by atoms with Gasteiger partial charge in [0.2, 0.25) is 0 Å². The number of aryl methyl sites for hydroxylation is 1. The fourth-order valence-corrected chi connectivity index (χ4v) is 3.50. The summed E-state index contributed by atoms with van der Waals surface area (Å²) in [6.07, 6.45) is 0. The first-order chi connectivity index (χ1) is 10.7. The second-order valence-corrected chi connectivity index (χ2v) is 5.67. The maximum Gasteiger partial charge on any atom is 0.123 e. The Hall–Kier alpha value is -2.58. The lowest BCUT2D eigenvalue weighted by atomic mass is 9.89. The number of rotatable bonds is 1. The van der Waals surface area contributed by atoms with Gasteiger partial charge in [-0.15, -0.1) is 0 Å². The van der Waals surface area contributed by atoms with E-state index >= 15 is 0 Å². The summed E-state index contributed by atoms with van der Waals surface area (Å²) in [4.78, 5) is 0. The molecule has 0 aliphatic heterocycles. The van der Waals surface area contributed by atoms with Crippen molar-refractivity contribution >= 4 is 32.3 Å². The van der Waals surface area contributed by atoms with Gasteiger partial charge in [-0.3, -0.25) is 0 Å². The third kappa shape index (κ3) is 1.65. The SMILES string of the molecule is Cc1c2ccccc2c(CO)c2c1ccc1c(O)cccc12. The molecule has 0 aromatic heterocycles. The zero-order chi connectivity index (χ0) is 15.3. The van der Waals surface area contributed by atoms with Gasteiger partial charge in [-0.2, -0.15) is 0 Å². The lowest BCUT2D eigenvalue weighted by Gasteiger charge is -2.15. The Morgan fingerprint density at radius 1 is 0.727 bits per heavy atom. The molecule has 0 atom stereocenters. The molecule has 0 fully saturated rings. The van der Waals surface area contributed by atoms with Crippen molar-refractivity contribution in [3.05, 3.63) is 65.7 Å². The zero-order valence-corrected chi connectivity index (χ0v) is 12.3. The highest BCUT2D eigenvalue weighted by molar-refractivity contribution is 6.17. The summed E-state index contributed by atoms with van der Waals surface area (Å²) in [7, 11) is 0. The smallest absolute Gasteiger partial charge is 0.123 e. The molecule has 2 heteroatoms. The van der Waals surface area contributed by atoms with Crippen LogP contribution < -0.4 is 0 Å². The third-order valence-electron chi connectivity index (χ3n) is 4.56. The van der Waals surface area contributed by atoms with E-state index < -0.39 is 0 Å². The minimum Gasteiger partial charge on any atom is -0.507 e. The fourth-order valence-electron chi connectivity index (χ4n) is 3.50. The first kappa shape index (κ1) is 13.1. The number of benzene rings is 4. The topological polar surface area (TPSA) is 40.5 Å². The quantitative estimate of drug-likeness (QED) is 0.395. The molecule has 0 saturated heterocycles. The minimum absolute atomic E-state index is 0.0218. The van der Waals surface area contributed by atoms with E-state index in [1.165, 1.54) is 10.9 Å². The van der Waals surface area contributed by atoms with Gasteiger partial charge < -0.3 is 10.2 Å². The Morgan fingerprint density at radius 2 is 1.41 bits per heavy atom. The Bertz CT molecular complexity index is 1030. The number of hydrogen-bond acceptors (Lipinski definition) is 2. The van der Waals surface area contributed by atoms with E-state index in [1.807, 2.05) is 36.4 Å². The van der Waals surface area contributed by atoms with Gasteiger partial charge in [0.1, 0.15) is 5.75 Å². The molecule has 0 saturated carbocycles. The van der Waals surface area contributed by atoms with Crippen LogP contribution in [0, 0.1) is 6.92 Å². The molecule has 4 aromatic carbocycles. The van der Waals surface area contributed by atoms with Gasteiger partial charge in [0.05, 0.1) is 6.61 Å². The number of phenolic OH excluding ortho intramolecular Hbond substituents is 1. The highest BCUT2D eigenvalue weighted by atomic mass is 16.3. The third-order valence-corrected chi connectivity index (χ3v) is 4.56. The highest BCUT2D eigenvalue weighted by Crippen LogP contribution is 2.38. The predicted octanol–water partition coefficient (Wildman–Crippen LogP) is 4.65.